The van der Waals surface area contributed by atoms with E-state index in [9.17, 15) is 9.59 Å². The zero-order chi connectivity index (χ0) is 15.9. The fraction of sp³-hybridized carbons (Fsp3) is 0.429. The summed E-state index contributed by atoms with van der Waals surface area (Å²) in [6.07, 6.45) is -0.504. The predicted octanol–water partition coefficient (Wildman–Crippen LogP) is 3.10. The number of amides is 3. The molecule has 1 aromatic rings. The van der Waals surface area contributed by atoms with Crippen molar-refractivity contribution in [3.05, 3.63) is 28.7 Å². The van der Waals surface area contributed by atoms with Gasteiger partial charge in [0.1, 0.15) is 5.60 Å². The Morgan fingerprint density at radius 3 is 2.38 bits per heavy atom. The van der Waals surface area contributed by atoms with Gasteiger partial charge in [-0.25, -0.2) is 9.59 Å². The first-order valence-electron chi connectivity index (χ1n) is 6.54. The van der Waals surface area contributed by atoms with Crippen LogP contribution >= 0.6 is 15.9 Å². The van der Waals surface area contributed by atoms with Crippen molar-refractivity contribution in [1.82, 2.24) is 10.6 Å². The highest BCUT2D eigenvalue weighted by Crippen LogP contribution is 2.20. The van der Waals surface area contributed by atoms with E-state index >= 15 is 0 Å². The molecule has 1 rings (SSSR count). The molecule has 21 heavy (non-hydrogen) atoms. The van der Waals surface area contributed by atoms with Crippen molar-refractivity contribution in [2.75, 3.05) is 18.4 Å². The Hall–Kier alpha value is -1.76. The lowest BCUT2D eigenvalue weighted by molar-refractivity contribution is 0.0528. The number of hydrogen-bond acceptors (Lipinski definition) is 3. The van der Waals surface area contributed by atoms with Crippen LogP contribution in [0.1, 0.15) is 20.8 Å². The van der Waals surface area contributed by atoms with Gasteiger partial charge in [-0.05, 0) is 48.8 Å². The maximum atomic E-state index is 11.7. The minimum absolute atomic E-state index is 0.290. The maximum absolute atomic E-state index is 11.7. The van der Waals surface area contributed by atoms with Crippen LogP contribution in [-0.2, 0) is 4.74 Å². The Morgan fingerprint density at radius 1 is 1.14 bits per heavy atom. The van der Waals surface area contributed by atoms with Crippen LogP contribution in [0.2, 0.25) is 0 Å². The van der Waals surface area contributed by atoms with Crippen LogP contribution in [0.3, 0.4) is 0 Å². The summed E-state index contributed by atoms with van der Waals surface area (Å²) >= 11 is 3.34. The van der Waals surface area contributed by atoms with Crippen LogP contribution in [0, 0.1) is 0 Å². The van der Waals surface area contributed by atoms with Gasteiger partial charge in [0, 0.05) is 17.6 Å². The predicted molar refractivity (Wildman–Crippen MR) is 85.4 cm³/mol. The van der Waals surface area contributed by atoms with Gasteiger partial charge < -0.3 is 20.7 Å². The molecule has 0 atom stereocenters. The Morgan fingerprint density at radius 2 is 1.76 bits per heavy atom. The number of alkyl carbamates (subject to hydrolysis) is 1. The average molecular weight is 358 g/mol. The molecule has 0 aliphatic rings. The van der Waals surface area contributed by atoms with Gasteiger partial charge in [0.25, 0.3) is 0 Å². The van der Waals surface area contributed by atoms with Gasteiger partial charge in [0.05, 0.1) is 5.69 Å². The van der Waals surface area contributed by atoms with Crippen molar-refractivity contribution in [2.24, 2.45) is 0 Å². The summed E-state index contributed by atoms with van der Waals surface area (Å²) in [5, 5.41) is 7.89. The minimum Gasteiger partial charge on any atom is -0.444 e. The van der Waals surface area contributed by atoms with E-state index in [1.807, 2.05) is 18.2 Å². The molecule has 0 aliphatic heterocycles. The Bertz CT molecular complexity index is 500. The van der Waals surface area contributed by atoms with Crippen molar-refractivity contribution in [1.29, 1.82) is 0 Å². The zero-order valence-electron chi connectivity index (χ0n) is 12.3. The second kappa shape index (κ2) is 7.87. The van der Waals surface area contributed by atoms with Crippen LogP contribution in [0.25, 0.3) is 0 Å². The molecule has 0 saturated heterocycles. The first-order valence-corrected chi connectivity index (χ1v) is 7.33. The van der Waals surface area contributed by atoms with Crippen LogP contribution < -0.4 is 16.0 Å². The van der Waals surface area contributed by atoms with Gasteiger partial charge in [-0.2, -0.15) is 0 Å². The van der Waals surface area contributed by atoms with Gasteiger partial charge in [0.2, 0.25) is 0 Å². The van der Waals surface area contributed by atoms with Gasteiger partial charge in [-0.15, -0.1) is 0 Å². The van der Waals surface area contributed by atoms with E-state index in [2.05, 4.69) is 31.9 Å². The number of carbonyl (C=O) groups is 2. The lowest BCUT2D eigenvalue weighted by atomic mass is 10.2. The molecule has 0 aliphatic carbocycles. The van der Waals surface area contributed by atoms with E-state index in [-0.39, 0.29) is 12.6 Å². The Labute approximate surface area is 132 Å². The number of rotatable bonds is 4. The smallest absolute Gasteiger partial charge is 0.407 e. The molecule has 0 aromatic heterocycles. The molecule has 6 nitrogen and oxygen atoms in total. The van der Waals surface area contributed by atoms with Gasteiger partial charge in [0.15, 0.2) is 0 Å². The van der Waals surface area contributed by atoms with Gasteiger partial charge in [-0.3, -0.25) is 0 Å². The standard InChI is InChI=1S/C14H20BrN3O3/c1-14(2,3)21-13(20)17-9-8-16-12(19)18-11-7-5-4-6-10(11)15/h4-7H,8-9H2,1-3H3,(H,17,20)(H2,16,18,19). The summed E-state index contributed by atoms with van der Waals surface area (Å²) in [6, 6.07) is 6.96. The van der Waals surface area contributed by atoms with E-state index in [1.54, 1.807) is 26.8 Å². The minimum atomic E-state index is -0.533. The number of hydrogen-bond donors (Lipinski definition) is 3. The molecule has 0 fully saturated rings. The van der Waals surface area contributed by atoms with Crippen molar-refractivity contribution < 1.29 is 14.3 Å². The SMILES string of the molecule is CC(C)(C)OC(=O)NCCNC(=O)Nc1ccccc1Br. The number of halogens is 1. The fourth-order valence-corrected chi connectivity index (χ4v) is 1.77. The lowest BCUT2D eigenvalue weighted by Gasteiger charge is -2.19. The van der Waals surface area contributed by atoms with Crippen LogP contribution in [0.5, 0.6) is 0 Å². The molecular formula is C14H20BrN3O3. The van der Waals surface area contributed by atoms with Gasteiger partial charge in [-0.1, -0.05) is 12.1 Å². The number of carbonyl (C=O) groups excluding carboxylic acids is 2. The lowest BCUT2D eigenvalue weighted by Crippen LogP contribution is -2.39. The molecule has 3 N–H and O–H groups in total. The molecule has 0 heterocycles. The van der Waals surface area contributed by atoms with E-state index in [4.69, 9.17) is 4.74 Å². The monoisotopic (exact) mass is 357 g/mol. The summed E-state index contributed by atoms with van der Waals surface area (Å²) in [4.78, 5) is 23.0. The summed E-state index contributed by atoms with van der Waals surface area (Å²) in [6.45, 7) is 5.95. The molecule has 0 saturated carbocycles. The highest BCUT2D eigenvalue weighted by molar-refractivity contribution is 9.10. The molecule has 3 amide bonds. The third-order valence-corrected chi connectivity index (χ3v) is 2.89. The second-order valence-electron chi connectivity index (χ2n) is 5.29. The largest absolute Gasteiger partial charge is 0.444 e. The number of nitrogens with one attached hydrogen (secondary N) is 3. The fourth-order valence-electron chi connectivity index (χ4n) is 1.38. The molecule has 1 aromatic carbocycles. The molecule has 0 unspecified atom stereocenters. The van der Waals surface area contributed by atoms with E-state index in [0.29, 0.717) is 12.2 Å². The highest BCUT2D eigenvalue weighted by Gasteiger charge is 2.15. The molecule has 7 heteroatoms. The Kier molecular flexibility index (Phi) is 6.48. The van der Waals surface area contributed by atoms with Crippen LogP contribution in [-0.4, -0.2) is 30.8 Å². The van der Waals surface area contributed by atoms with E-state index in [0.717, 1.165) is 4.47 Å². The number of para-hydroxylation sites is 1. The second-order valence-corrected chi connectivity index (χ2v) is 6.14. The summed E-state index contributed by atoms with van der Waals surface area (Å²) in [5.74, 6) is 0. The first kappa shape index (κ1) is 17.3. The van der Waals surface area contributed by atoms with Crippen molar-refractivity contribution in [2.45, 2.75) is 26.4 Å². The summed E-state index contributed by atoms with van der Waals surface area (Å²) < 4.78 is 5.87. The average Bonchev–Trinajstić information content (AvgIpc) is 2.35. The van der Waals surface area contributed by atoms with Crippen molar-refractivity contribution in [3.8, 4) is 0 Å². The number of ether oxygens (including phenoxy) is 1. The van der Waals surface area contributed by atoms with Crippen molar-refractivity contribution >= 4 is 33.7 Å². The van der Waals surface area contributed by atoms with Crippen molar-refractivity contribution in [3.63, 3.8) is 0 Å². The molecular weight excluding hydrogens is 338 g/mol. The first-order chi connectivity index (χ1) is 9.78. The normalized spacial score (nSPS) is 10.7. The Balaban J connectivity index is 2.23. The van der Waals surface area contributed by atoms with Crippen LogP contribution in [0.4, 0.5) is 15.3 Å². The quantitative estimate of drug-likeness (QED) is 0.724. The van der Waals surface area contributed by atoms with E-state index in [1.165, 1.54) is 0 Å². The number of anilines is 1. The van der Waals surface area contributed by atoms with Crippen LogP contribution in [0.15, 0.2) is 28.7 Å². The summed E-state index contributed by atoms with van der Waals surface area (Å²) in [7, 11) is 0. The topological polar surface area (TPSA) is 79.5 Å². The molecule has 0 spiro atoms. The molecule has 116 valence electrons. The zero-order valence-corrected chi connectivity index (χ0v) is 13.9. The molecule has 0 bridgehead atoms. The molecule has 0 radical (unpaired) electrons. The maximum Gasteiger partial charge on any atom is 0.407 e. The highest BCUT2D eigenvalue weighted by atomic mass is 79.9. The summed E-state index contributed by atoms with van der Waals surface area (Å²) in [5.41, 5.74) is 0.143. The van der Waals surface area contributed by atoms with Gasteiger partial charge >= 0.3 is 12.1 Å². The number of benzene rings is 1. The third kappa shape index (κ3) is 7.55. The third-order valence-electron chi connectivity index (χ3n) is 2.20. The number of urea groups is 1. The van der Waals surface area contributed by atoms with E-state index < -0.39 is 11.7 Å².